The third-order valence-electron chi connectivity index (χ3n) is 1.53. The van der Waals surface area contributed by atoms with Crippen LogP contribution in [0.1, 0.15) is 34.1 Å². The van der Waals surface area contributed by atoms with E-state index in [2.05, 4.69) is 38.8 Å². The molecule has 0 unspecified atom stereocenters. The minimum absolute atomic E-state index is 0.602. The Balaban J connectivity index is 4.11. The minimum Gasteiger partial charge on any atom is -0.293 e. The lowest BCUT2D eigenvalue weighted by atomic mass is 10.0. The summed E-state index contributed by atoms with van der Waals surface area (Å²) in [4.78, 5) is 4.22. The van der Waals surface area contributed by atoms with Crippen LogP contribution in [0.4, 0.5) is 0 Å². The normalized spacial score (nSPS) is 13.4. The van der Waals surface area contributed by atoms with Gasteiger partial charge in [-0.25, -0.2) is 0 Å². The topological polar surface area (TPSA) is 12.4 Å². The van der Waals surface area contributed by atoms with Crippen LogP contribution < -0.4 is 0 Å². The zero-order chi connectivity index (χ0) is 8.69. The molecule has 0 spiro atoms. The summed E-state index contributed by atoms with van der Waals surface area (Å²) < 4.78 is 0. The molecule has 1 heteroatoms. The van der Waals surface area contributed by atoms with Crippen LogP contribution in [0, 0.1) is 5.92 Å². The Kier molecular flexibility index (Phi) is 5.81. The summed E-state index contributed by atoms with van der Waals surface area (Å²) in [5.74, 6) is 0.602. The lowest BCUT2D eigenvalue weighted by Crippen LogP contribution is -1.95. The first-order chi connectivity index (χ1) is 5.22. The Hall–Kier alpha value is -0.590. The van der Waals surface area contributed by atoms with Crippen molar-refractivity contribution in [2.45, 2.75) is 34.1 Å². The van der Waals surface area contributed by atoms with Crippen molar-refractivity contribution in [3.63, 3.8) is 0 Å². The molecule has 0 atom stereocenters. The number of rotatable bonds is 4. The molecule has 0 saturated heterocycles. The molecule has 0 fully saturated rings. The van der Waals surface area contributed by atoms with Crippen molar-refractivity contribution in [3.8, 4) is 0 Å². The first-order valence-corrected chi connectivity index (χ1v) is 4.42. The van der Waals surface area contributed by atoms with E-state index >= 15 is 0 Å². The molecule has 64 valence electrons. The first kappa shape index (κ1) is 10.4. The molecule has 0 aliphatic rings. The summed E-state index contributed by atoms with van der Waals surface area (Å²) in [5, 5.41) is 0. The molecule has 1 nitrogen and oxygen atoms in total. The van der Waals surface area contributed by atoms with Crippen molar-refractivity contribution >= 4 is 6.21 Å². The lowest BCUT2D eigenvalue weighted by Gasteiger charge is -2.04. The predicted octanol–water partition coefficient (Wildman–Crippen LogP) is 3.07. The van der Waals surface area contributed by atoms with Gasteiger partial charge in [-0.15, -0.1) is 0 Å². The summed E-state index contributed by atoms with van der Waals surface area (Å²) in [5.41, 5.74) is 1.36. The van der Waals surface area contributed by atoms with Gasteiger partial charge < -0.3 is 0 Å². The fraction of sp³-hybridized carbons (Fsp3) is 0.700. The van der Waals surface area contributed by atoms with Gasteiger partial charge in [0.2, 0.25) is 0 Å². The highest BCUT2D eigenvalue weighted by molar-refractivity contribution is 5.78. The van der Waals surface area contributed by atoms with Crippen LogP contribution in [-0.4, -0.2) is 12.8 Å². The number of allylic oxidation sites excluding steroid dienone is 2. The van der Waals surface area contributed by atoms with Gasteiger partial charge in [0.25, 0.3) is 0 Å². The molecule has 0 radical (unpaired) electrons. The summed E-state index contributed by atoms with van der Waals surface area (Å²) in [6.07, 6.45) is 5.33. The maximum absolute atomic E-state index is 4.22. The summed E-state index contributed by atoms with van der Waals surface area (Å²) in [6.45, 7) is 9.49. The largest absolute Gasteiger partial charge is 0.293 e. The van der Waals surface area contributed by atoms with Crippen molar-refractivity contribution in [3.05, 3.63) is 11.6 Å². The van der Waals surface area contributed by atoms with Gasteiger partial charge in [0, 0.05) is 12.8 Å². The summed E-state index contributed by atoms with van der Waals surface area (Å²) >= 11 is 0. The molecule has 0 heterocycles. The third-order valence-corrected chi connectivity index (χ3v) is 1.53. The molecule has 0 aliphatic carbocycles. The molecule has 0 aromatic rings. The van der Waals surface area contributed by atoms with Crippen molar-refractivity contribution < 1.29 is 0 Å². The van der Waals surface area contributed by atoms with Gasteiger partial charge in [-0.2, -0.15) is 0 Å². The van der Waals surface area contributed by atoms with Gasteiger partial charge in [-0.3, -0.25) is 4.99 Å². The third kappa shape index (κ3) is 4.77. The smallest absolute Gasteiger partial charge is 0.0361 e. The van der Waals surface area contributed by atoms with Crippen molar-refractivity contribution in [2.24, 2.45) is 10.9 Å². The van der Waals surface area contributed by atoms with E-state index in [0.29, 0.717) is 5.92 Å². The molecule has 0 saturated carbocycles. The lowest BCUT2D eigenvalue weighted by molar-refractivity contribution is 0.799. The van der Waals surface area contributed by atoms with Crippen LogP contribution in [0.15, 0.2) is 16.6 Å². The van der Waals surface area contributed by atoms with E-state index in [4.69, 9.17) is 0 Å². The summed E-state index contributed by atoms with van der Waals surface area (Å²) in [7, 11) is 0. The van der Waals surface area contributed by atoms with Crippen LogP contribution in [0.25, 0.3) is 0 Å². The van der Waals surface area contributed by atoms with E-state index in [1.165, 1.54) is 5.57 Å². The summed E-state index contributed by atoms with van der Waals surface area (Å²) in [6, 6.07) is 0. The highest BCUT2D eigenvalue weighted by Crippen LogP contribution is 2.07. The molecule has 0 aromatic carbocycles. The van der Waals surface area contributed by atoms with E-state index in [0.717, 1.165) is 13.0 Å². The molecular formula is C10H19N. The van der Waals surface area contributed by atoms with Crippen LogP contribution in [-0.2, 0) is 0 Å². The number of hydrogen-bond donors (Lipinski definition) is 0. The quantitative estimate of drug-likeness (QED) is 0.550. The van der Waals surface area contributed by atoms with Crippen LogP contribution in [0.5, 0.6) is 0 Å². The van der Waals surface area contributed by atoms with Crippen molar-refractivity contribution in [1.82, 2.24) is 0 Å². The van der Waals surface area contributed by atoms with Gasteiger partial charge in [0.05, 0.1) is 0 Å². The fourth-order valence-corrected chi connectivity index (χ4v) is 0.870. The molecule has 11 heavy (non-hydrogen) atoms. The number of aliphatic imine (C=N–C) groups is 1. The van der Waals surface area contributed by atoms with Gasteiger partial charge in [0.1, 0.15) is 0 Å². The van der Waals surface area contributed by atoms with E-state index in [9.17, 15) is 0 Å². The highest BCUT2D eigenvalue weighted by atomic mass is 14.7. The number of nitrogens with zero attached hydrogens (tertiary/aromatic N) is 1. The zero-order valence-electron chi connectivity index (χ0n) is 8.09. The van der Waals surface area contributed by atoms with E-state index < -0.39 is 0 Å². The number of hydrogen-bond acceptors (Lipinski definition) is 1. The first-order valence-electron chi connectivity index (χ1n) is 4.42. The molecule has 0 rings (SSSR count). The Morgan fingerprint density at radius 2 is 2.00 bits per heavy atom. The Morgan fingerprint density at radius 1 is 1.36 bits per heavy atom. The Bertz CT molecular complexity index is 143. The maximum Gasteiger partial charge on any atom is 0.0361 e. The molecule has 0 bridgehead atoms. The standard InChI is InChI=1S/C10H19N/c1-5-7-10(9(3)4)8-11-6-2/h7-9H,5-6H2,1-4H3/b10-7+,11-8?. The van der Waals surface area contributed by atoms with Crippen molar-refractivity contribution in [1.29, 1.82) is 0 Å². The van der Waals surface area contributed by atoms with Crippen molar-refractivity contribution in [2.75, 3.05) is 6.54 Å². The average Bonchev–Trinajstić information content (AvgIpc) is 1.97. The average molecular weight is 153 g/mol. The van der Waals surface area contributed by atoms with Gasteiger partial charge in [0.15, 0.2) is 0 Å². The molecule has 0 aliphatic heterocycles. The van der Waals surface area contributed by atoms with E-state index in [1.54, 1.807) is 0 Å². The monoisotopic (exact) mass is 153 g/mol. The van der Waals surface area contributed by atoms with E-state index in [-0.39, 0.29) is 0 Å². The molecule has 0 aromatic heterocycles. The second-order valence-electron chi connectivity index (χ2n) is 2.89. The molecule has 0 amide bonds. The second-order valence-corrected chi connectivity index (χ2v) is 2.89. The zero-order valence-corrected chi connectivity index (χ0v) is 8.09. The minimum atomic E-state index is 0.602. The molecule has 0 N–H and O–H groups in total. The van der Waals surface area contributed by atoms with Gasteiger partial charge in [-0.1, -0.05) is 26.8 Å². The SMILES string of the molecule is CC/C=C(\C=NCC)C(C)C. The maximum atomic E-state index is 4.22. The van der Waals surface area contributed by atoms with Gasteiger partial charge >= 0.3 is 0 Å². The van der Waals surface area contributed by atoms with E-state index in [1.807, 2.05) is 6.21 Å². The highest BCUT2D eigenvalue weighted by Gasteiger charge is 1.97. The Labute approximate surface area is 70.2 Å². The van der Waals surface area contributed by atoms with Gasteiger partial charge in [-0.05, 0) is 24.8 Å². The van der Waals surface area contributed by atoms with Crippen LogP contribution in [0.3, 0.4) is 0 Å². The fourth-order valence-electron chi connectivity index (χ4n) is 0.870. The predicted molar refractivity (Wildman–Crippen MR) is 52.2 cm³/mol. The second kappa shape index (κ2) is 6.14. The van der Waals surface area contributed by atoms with Crippen LogP contribution in [0.2, 0.25) is 0 Å². The Morgan fingerprint density at radius 3 is 2.36 bits per heavy atom. The van der Waals surface area contributed by atoms with Crippen LogP contribution >= 0.6 is 0 Å². The molecular weight excluding hydrogens is 134 g/mol.